The van der Waals surface area contributed by atoms with Crippen molar-refractivity contribution in [3.63, 3.8) is 0 Å². The summed E-state index contributed by atoms with van der Waals surface area (Å²) in [5, 5.41) is 16.5. The Kier molecular flexibility index (Phi) is 13.3. The molecule has 298 valence electrons. The van der Waals surface area contributed by atoms with Gasteiger partial charge in [-0.1, -0.05) is 12.1 Å². The van der Waals surface area contributed by atoms with E-state index in [2.05, 4.69) is 22.0 Å². The second-order valence-electron chi connectivity index (χ2n) is 12.9. The maximum atomic E-state index is 13.6. The van der Waals surface area contributed by atoms with Crippen LogP contribution in [0.4, 0.5) is 18.9 Å². The van der Waals surface area contributed by atoms with Gasteiger partial charge in [0, 0.05) is 81.5 Å². The molecule has 16 heteroatoms. The van der Waals surface area contributed by atoms with Crippen molar-refractivity contribution in [2.75, 3.05) is 44.7 Å². The van der Waals surface area contributed by atoms with Gasteiger partial charge in [0.05, 0.1) is 24.1 Å². The second-order valence-corrected chi connectivity index (χ2v) is 12.9. The molecule has 0 radical (unpaired) electrons. The van der Waals surface area contributed by atoms with Gasteiger partial charge in [0.25, 0.3) is 11.8 Å². The molecule has 6 rings (SSSR count). The molecule has 3 heterocycles. The molecule has 0 saturated carbocycles. The summed E-state index contributed by atoms with van der Waals surface area (Å²) < 4.78 is 52.1. The predicted molar refractivity (Wildman–Crippen MR) is 205 cm³/mol. The van der Waals surface area contributed by atoms with Crippen LogP contribution in [0.1, 0.15) is 38.9 Å². The van der Waals surface area contributed by atoms with E-state index >= 15 is 0 Å². The van der Waals surface area contributed by atoms with Crippen LogP contribution in [0.25, 0.3) is 10.9 Å². The number of amides is 2. The highest BCUT2D eigenvalue weighted by Crippen LogP contribution is 2.31. The molecule has 2 N–H and O–H groups in total. The van der Waals surface area contributed by atoms with E-state index in [-0.39, 0.29) is 17.4 Å². The van der Waals surface area contributed by atoms with Crippen LogP contribution < -0.4 is 14.4 Å². The number of fused-ring (bicyclic) bond motifs is 1. The zero-order valence-electron chi connectivity index (χ0n) is 31.3. The Bertz CT molecular complexity index is 2210. The smallest absolute Gasteiger partial charge is 0.416 e. The van der Waals surface area contributed by atoms with Crippen LogP contribution in [0.5, 0.6) is 17.4 Å². The first-order valence-corrected chi connectivity index (χ1v) is 17.7. The number of carboxylic acid groups (broad SMARTS) is 2. The molecule has 0 unspecified atom stereocenters. The van der Waals surface area contributed by atoms with Crippen molar-refractivity contribution in [2.24, 2.45) is 7.05 Å². The molecular formula is C41H40F3N5O8. The maximum Gasteiger partial charge on any atom is 0.416 e. The number of anilines is 1. The number of nitrogens with zero attached hydrogens (tertiary/aromatic N) is 5. The van der Waals surface area contributed by atoms with Crippen molar-refractivity contribution >= 4 is 40.3 Å². The number of alkyl halides is 3. The van der Waals surface area contributed by atoms with Crippen LogP contribution in [0.3, 0.4) is 0 Å². The fraction of sp³-hybridized carbons (Fsp3) is 0.244. The van der Waals surface area contributed by atoms with Crippen molar-refractivity contribution in [1.29, 1.82) is 0 Å². The van der Waals surface area contributed by atoms with Crippen molar-refractivity contribution in [2.45, 2.75) is 19.6 Å². The van der Waals surface area contributed by atoms with Gasteiger partial charge >= 0.3 is 18.1 Å². The van der Waals surface area contributed by atoms with Gasteiger partial charge in [0.15, 0.2) is 0 Å². The molecule has 1 fully saturated rings. The number of benzene rings is 3. The second kappa shape index (κ2) is 18.3. The highest BCUT2D eigenvalue weighted by Gasteiger charge is 2.30. The molecule has 3 aromatic carbocycles. The van der Waals surface area contributed by atoms with Crippen molar-refractivity contribution in [3.8, 4) is 17.4 Å². The average molecular weight is 788 g/mol. The molecule has 13 nitrogen and oxygen atoms in total. The lowest BCUT2D eigenvalue weighted by Gasteiger charge is -2.34. The number of hydrogen-bond acceptors (Lipinski definition) is 8. The summed E-state index contributed by atoms with van der Waals surface area (Å²) in [6.07, 6.45) is -1.91. The SMILES string of the molecule is CCOc1ccc(CN2CCN(C(=O)c3cc4cc(Oc5ccc(N(C)C(=O)c6ccc(C(F)(F)F)cc6)cn5)ccc4n3C)CC2)cc1.O=C(O)C=CC(=O)O. The Morgan fingerprint density at radius 1 is 0.842 bits per heavy atom. The minimum absolute atomic E-state index is 0.0193. The first-order chi connectivity index (χ1) is 27.1. The number of ether oxygens (including phenoxy) is 2. The molecule has 57 heavy (non-hydrogen) atoms. The summed E-state index contributed by atoms with van der Waals surface area (Å²) >= 11 is 0. The largest absolute Gasteiger partial charge is 0.494 e. The number of pyridine rings is 1. The van der Waals surface area contributed by atoms with Crippen molar-refractivity contribution in [3.05, 3.63) is 126 Å². The summed E-state index contributed by atoms with van der Waals surface area (Å²) in [5.74, 6) is -1.34. The van der Waals surface area contributed by atoms with Crippen LogP contribution in [0.2, 0.25) is 0 Å². The maximum absolute atomic E-state index is 13.6. The lowest BCUT2D eigenvalue weighted by atomic mass is 10.1. The van der Waals surface area contributed by atoms with Gasteiger partial charge in [-0.2, -0.15) is 13.2 Å². The van der Waals surface area contributed by atoms with Crippen LogP contribution in [0, 0.1) is 0 Å². The molecule has 0 aliphatic carbocycles. The number of carbonyl (C=O) groups is 4. The number of hydrogen-bond donors (Lipinski definition) is 2. The van der Waals surface area contributed by atoms with Gasteiger partial charge in [0.1, 0.15) is 17.2 Å². The molecule has 0 atom stereocenters. The number of carboxylic acids is 2. The Labute approximate surface area is 325 Å². The van der Waals surface area contributed by atoms with E-state index in [1.807, 2.05) is 53.8 Å². The number of piperazine rings is 1. The third-order valence-electron chi connectivity index (χ3n) is 9.00. The predicted octanol–water partition coefficient (Wildman–Crippen LogP) is 6.73. The van der Waals surface area contributed by atoms with Crippen molar-refractivity contribution < 1.29 is 52.0 Å². The van der Waals surface area contributed by atoms with E-state index < -0.39 is 29.6 Å². The zero-order chi connectivity index (χ0) is 41.3. The molecule has 1 saturated heterocycles. The number of aryl methyl sites for hydroxylation is 1. The zero-order valence-corrected chi connectivity index (χ0v) is 31.3. The normalized spacial score (nSPS) is 13.2. The minimum Gasteiger partial charge on any atom is -0.494 e. The number of halogens is 3. The highest BCUT2D eigenvalue weighted by atomic mass is 19.4. The lowest BCUT2D eigenvalue weighted by Crippen LogP contribution is -2.48. The monoisotopic (exact) mass is 787 g/mol. The molecule has 0 spiro atoms. The Hall–Kier alpha value is -6.68. The van der Waals surface area contributed by atoms with Crippen LogP contribution in [0.15, 0.2) is 103 Å². The van der Waals surface area contributed by atoms with Gasteiger partial charge in [-0.05, 0) is 79.2 Å². The third kappa shape index (κ3) is 11.0. The first-order valence-electron chi connectivity index (χ1n) is 17.7. The Morgan fingerprint density at radius 2 is 1.47 bits per heavy atom. The van der Waals surface area contributed by atoms with E-state index in [9.17, 15) is 32.3 Å². The summed E-state index contributed by atoms with van der Waals surface area (Å²) in [6, 6.07) is 22.8. The van der Waals surface area contributed by atoms with Gasteiger partial charge in [-0.25, -0.2) is 14.6 Å². The van der Waals surface area contributed by atoms with Crippen molar-refractivity contribution in [1.82, 2.24) is 19.4 Å². The first kappa shape index (κ1) is 41.5. The molecular weight excluding hydrogens is 747 g/mol. The molecule has 1 aliphatic heterocycles. The summed E-state index contributed by atoms with van der Waals surface area (Å²) in [7, 11) is 3.39. The molecule has 5 aromatic rings. The van der Waals surface area contributed by atoms with Gasteiger partial charge in [0.2, 0.25) is 5.88 Å². The van der Waals surface area contributed by atoms with E-state index in [1.54, 1.807) is 18.2 Å². The number of aromatic nitrogens is 2. The summed E-state index contributed by atoms with van der Waals surface area (Å²) in [6.45, 7) is 6.26. The number of rotatable bonds is 11. The van der Waals surface area contributed by atoms with E-state index in [4.69, 9.17) is 19.7 Å². The Morgan fingerprint density at radius 3 is 2.04 bits per heavy atom. The number of aliphatic carboxylic acids is 2. The van der Waals surface area contributed by atoms with E-state index in [0.29, 0.717) is 49.0 Å². The topological polar surface area (TPSA) is 155 Å². The minimum atomic E-state index is -4.48. The van der Waals surface area contributed by atoms with Crippen LogP contribution in [-0.2, 0) is 29.4 Å². The molecule has 2 amide bonds. The molecule has 2 aromatic heterocycles. The summed E-state index contributed by atoms with van der Waals surface area (Å²) in [4.78, 5) is 55.4. The third-order valence-corrected chi connectivity index (χ3v) is 9.00. The standard InChI is InChI=1S/C37H36F3N5O4.C4H4O4/c1-4-48-30-12-5-25(6-13-30)24-44-17-19-45(20-18-44)36(47)33-22-27-21-31(14-15-32(27)43(33)3)49-34-16-11-29(23-41-34)42(2)35(46)26-7-9-28(10-8-26)37(38,39)40;5-3(6)1-2-4(7)8/h5-16,21-23H,4,17-20,24H2,1-3H3;1-2H,(H,5,6)(H,7,8). The number of carbonyl (C=O) groups excluding carboxylic acids is 2. The van der Waals surface area contributed by atoms with E-state index in [0.717, 1.165) is 60.6 Å². The molecule has 1 aliphatic rings. The average Bonchev–Trinajstić information content (AvgIpc) is 3.52. The van der Waals surface area contributed by atoms with Gasteiger partial charge in [-0.15, -0.1) is 0 Å². The van der Waals surface area contributed by atoms with Crippen LogP contribution >= 0.6 is 0 Å². The quantitative estimate of drug-likeness (QED) is 0.138. The lowest BCUT2D eigenvalue weighted by molar-refractivity contribution is -0.137. The summed E-state index contributed by atoms with van der Waals surface area (Å²) in [5.41, 5.74) is 2.42. The fourth-order valence-electron chi connectivity index (χ4n) is 5.99. The highest BCUT2D eigenvalue weighted by molar-refractivity contribution is 6.05. The Balaban J connectivity index is 0.000000701. The van der Waals surface area contributed by atoms with Crippen LogP contribution in [-0.4, -0.2) is 93.2 Å². The molecule has 0 bridgehead atoms. The fourth-order valence-corrected chi connectivity index (χ4v) is 5.99. The van der Waals surface area contributed by atoms with E-state index in [1.165, 1.54) is 23.7 Å². The van der Waals surface area contributed by atoms with Gasteiger partial charge in [-0.3, -0.25) is 14.5 Å². The van der Waals surface area contributed by atoms with Gasteiger partial charge < -0.3 is 34.1 Å².